The fourth-order valence-corrected chi connectivity index (χ4v) is 7.65. The molecular formula is C71H110O6. The molecule has 77 heavy (non-hydrogen) atoms. The number of allylic oxidation sites excluding steroid dienone is 28. The van der Waals surface area contributed by atoms with Crippen molar-refractivity contribution in [3.63, 3.8) is 0 Å². The van der Waals surface area contributed by atoms with Crippen molar-refractivity contribution in [1.29, 1.82) is 0 Å². The molecule has 1 atom stereocenters. The SMILES string of the molecule is CC/C=C\C/C=C\C/C=C\C/C=C\C/C=C\C/C=C\C/C=C\C/C=C\CCCCC(=O)OCC(COC(=O)CCCCCCC/C=C\CCCCCC)OC(=O)CCCCC/C=C\C/C=C\C/C=C\C/C=C\C/C=C\CC. The van der Waals surface area contributed by atoms with E-state index in [1.165, 1.54) is 38.5 Å². The average molecular weight is 1060 g/mol. The molecule has 0 aliphatic heterocycles. The number of ether oxygens (including phenoxy) is 3. The lowest BCUT2D eigenvalue weighted by Gasteiger charge is -2.18. The first kappa shape index (κ1) is 71.8. The first-order valence-electron chi connectivity index (χ1n) is 30.6. The number of hydrogen-bond donors (Lipinski definition) is 0. The molecule has 0 aromatic rings. The van der Waals surface area contributed by atoms with E-state index in [9.17, 15) is 14.4 Å². The molecule has 0 bridgehead atoms. The molecule has 0 radical (unpaired) electrons. The summed E-state index contributed by atoms with van der Waals surface area (Å²) < 4.78 is 16.8. The summed E-state index contributed by atoms with van der Waals surface area (Å²) in [5.41, 5.74) is 0. The van der Waals surface area contributed by atoms with Crippen LogP contribution in [0.15, 0.2) is 170 Å². The molecule has 0 rings (SSSR count). The Labute approximate surface area is 472 Å². The Bertz CT molecular complexity index is 1790. The van der Waals surface area contributed by atoms with Crippen LogP contribution in [0.25, 0.3) is 0 Å². The second-order valence-corrected chi connectivity index (χ2v) is 19.5. The molecule has 6 heteroatoms. The molecule has 0 amide bonds. The number of carbonyl (C=O) groups excluding carboxylic acids is 3. The summed E-state index contributed by atoms with van der Waals surface area (Å²) in [6, 6.07) is 0. The highest BCUT2D eigenvalue weighted by Crippen LogP contribution is 2.12. The van der Waals surface area contributed by atoms with Crippen LogP contribution in [-0.4, -0.2) is 37.2 Å². The topological polar surface area (TPSA) is 78.9 Å². The van der Waals surface area contributed by atoms with Crippen molar-refractivity contribution < 1.29 is 28.6 Å². The van der Waals surface area contributed by atoms with Gasteiger partial charge in [0.15, 0.2) is 6.10 Å². The minimum atomic E-state index is -0.827. The van der Waals surface area contributed by atoms with Gasteiger partial charge in [-0.05, 0) is 154 Å². The van der Waals surface area contributed by atoms with Crippen LogP contribution < -0.4 is 0 Å². The molecule has 0 aliphatic rings. The maximum Gasteiger partial charge on any atom is 0.306 e. The van der Waals surface area contributed by atoms with Crippen molar-refractivity contribution in [2.75, 3.05) is 13.2 Å². The number of rotatable bonds is 53. The van der Waals surface area contributed by atoms with Gasteiger partial charge in [-0.15, -0.1) is 0 Å². The second kappa shape index (κ2) is 63.3. The van der Waals surface area contributed by atoms with Crippen LogP contribution in [0.2, 0.25) is 0 Å². The van der Waals surface area contributed by atoms with Gasteiger partial charge in [-0.2, -0.15) is 0 Å². The summed E-state index contributed by atoms with van der Waals surface area (Å²) >= 11 is 0. The van der Waals surface area contributed by atoms with E-state index < -0.39 is 6.10 Å². The average Bonchev–Trinajstić information content (AvgIpc) is 3.43. The third kappa shape index (κ3) is 61.5. The van der Waals surface area contributed by atoms with Crippen LogP contribution in [0.1, 0.15) is 239 Å². The van der Waals surface area contributed by atoms with E-state index in [-0.39, 0.29) is 44.0 Å². The van der Waals surface area contributed by atoms with Crippen molar-refractivity contribution in [2.45, 2.75) is 245 Å². The van der Waals surface area contributed by atoms with Gasteiger partial charge in [0.2, 0.25) is 0 Å². The molecule has 0 aliphatic carbocycles. The predicted octanol–water partition coefficient (Wildman–Crippen LogP) is 21.1. The largest absolute Gasteiger partial charge is 0.462 e. The number of esters is 3. The lowest BCUT2D eigenvalue weighted by Crippen LogP contribution is -2.30. The van der Waals surface area contributed by atoms with E-state index in [1.54, 1.807) is 0 Å². The van der Waals surface area contributed by atoms with Crippen LogP contribution in [0.4, 0.5) is 0 Å². The standard InChI is InChI=1S/C71H110O6/c1-4-7-10-13-16-19-22-25-27-29-31-32-33-34-35-36-37-38-40-41-43-46-49-52-55-58-61-64-70(73)76-67-68(66-75-69(72)63-60-57-54-51-48-45-24-21-18-15-12-9-6-3)77-71(74)65-62-59-56-53-50-47-44-42-39-30-28-26-23-20-17-14-11-8-5-2/h7-8,10-11,16-17,19-21,24-28,31-32,34-35,37-39,41-43,47,49-50,52,68H,4-6,9,12-15,18,22-23,29-30,33,36,40,44-46,48,51,53-67H2,1-3H3/b10-7-,11-8-,19-16-,20-17-,24-21-,27-25-,28-26-,32-31-,35-34-,38-37-,42-39-,43-41-,50-47-,52-49-. The van der Waals surface area contributed by atoms with Gasteiger partial charge in [-0.25, -0.2) is 0 Å². The number of carbonyl (C=O) groups is 3. The van der Waals surface area contributed by atoms with Gasteiger partial charge in [0.25, 0.3) is 0 Å². The van der Waals surface area contributed by atoms with Crippen LogP contribution in [0.5, 0.6) is 0 Å². The van der Waals surface area contributed by atoms with E-state index in [4.69, 9.17) is 14.2 Å². The van der Waals surface area contributed by atoms with Crippen LogP contribution in [0.3, 0.4) is 0 Å². The lowest BCUT2D eigenvalue weighted by molar-refractivity contribution is -0.167. The van der Waals surface area contributed by atoms with Crippen molar-refractivity contribution in [1.82, 2.24) is 0 Å². The molecule has 0 saturated carbocycles. The van der Waals surface area contributed by atoms with Crippen molar-refractivity contribution in [3.05, 3.63) is 170 Å². The minimum absolute atomic E-state index is 0.118. The fraction of sp³-hybridized carbons (Fsp3) is 0.563. The smallest absolute Gasteiger partial charge is 0.306 e. The van der Waals surface area contributed by atoms with Crippen molar-refractivity contribution in [2.24, 2.45) is 0 Å². The summed E-state index contributed by atoms with van der Waals surface area (Å²) in [5.74, 6) is -1.01. The predicted molar refractivity (Wildman–Crippen MR) is 334 cm³/mol. The molecule has 0 N–H and O–H groups in total. The minimum Gasteiger partial charge on any atom is -0.462 e. The van der Waals surface area contributed by atoms with E-state index >= 15 is 0 Å². The lowest BCUT2D eigenvalue weighted by atomic mass is 10.1. The highest BCUT2D eigenvalue weighted by atomic mass is 16.6. The van der Waals surface area contributed by atoms with Gasteiger partial charge in [0, 0.05) is 19.3 Å². The summed E-state index contributed by atoms with van der Waals surface area (Å²) in [6.07, 6.45) is 93.5. The van der Waals surface area contributed by atoms with Crippen LogP contribution in [0, 0.1) is 0 Å². The maximum absolute atomic E-state index is 12.9. The zero-order valence-corrected chi connectivity index (χ0v) is 49.1. The van der Waals surface area contributed by atoms with Crippen LogP contribution in [-0.2, 0) is 28.6 Å². The summed E-state index contributed by atoms with van der Waals surface area (Å²) in [6.45, 7) is 6.31. The Morgan fingerprint density at radius 1 is 0.273 bits per heavy atom. The molecule has 0 saturated heterocycles. The second-order valence-electron chi connectivity index (χ2n) is 19.5. The normalized spacial score (nSPS) is 13.3. The fourth-order valence-electron chi connectivity index (χ4n) is 7.65. The third-order valence-electron chi connectivity index (χ3n) is 12.2. The van der Waals surface area contributed by atoms with Gasteiger partial charge < -0.3 is 14.2 Å². The Balaban J connectivity index is 4.53. The molecule has 1 unspecified atom stereocenters. The Morgan fingerprint density at radius 2 is 0.506 bits per heavy atom. The number of unbranched alkanes of at least 4 members (excludes halogenated alkanes) is 14. The third-order valence-corrected chi connectivity index (χ3v) is 12.2. The van der Waals surface area contributed by atoms with E-state index in [2.05, 4.69) is 191 Å². The Kier molecular flexibility index (Phi) is 59.0. The zero-order valence-electron chi connectivity index (χ0n) is 49.1. The highest BCUT2D eigenvalue weighted by molar-refractivity contribution is 5.71. The van der Waals surface area contributed by atoms with Gasteiger partial charge in [0.05, 0.1) is 0 Å². The molecule has 0 aromatic heterocycles. The Hall–Kier alpha value is -5.23. The molecule has 6 nitrogen and oxygen atoms in total. The van der Waals surface area contributed by atoms with Crippen molar-refractivity contribution >= 4 is 17.9 Å². The summed E-state index contributed by atoms with van der Waals surface area (Å²) in [5, 5.41) is 0. The molecule has 0 heterocycles. The quantitative estimate of drug-likeness (QED) is 0.0261. The molecular weight excluding hydrogens is 949 g/mol. The number of hydrogen-bond acceptors (Lipinski definition) is 6. The molecule has 0 aromatic carbocycles. The van der Waals surface area contributed by atoms with Gasteiger partial charge in [-0.3, -0.25) is 14.4 Å². The first-order valence-corrected chi connectivity index (χ1v) is 30.6. The summed E-state index contributed by atoms with van der Waals surface area (Å²) in [4.78, 5) is 38.2. The molecule has 0 spiro atoms. The van der Waals surface area contributed by atoms with E-state index in [0.717, 1.165) is 148 Å². The van der Waals surface area contributed by atoms with Gasteiger partial charge in [-0.1, -0.05) is 236 Å². The Morgan fingerprint density at radius 3 is 0.844 bits per heavy atom. The van der Waals surface area contributed by atoms with Gasteiger partial charge in [0.1, 0.15) is 13.2 Å². The van der Waals surface area contributed by atoms with E-state index in [0.29, 0.717) is 19.3 Å². The van der Waals surface area contributed by atoms with Crippen molar-refractivity contribution in [3.8, 4) is 0 Å². The maximum atomic E-state index is 12.9. The monoisotopic (exact) mass is 1060 g/mol. The molecule has 0 fully saturated rings. The first-order chi connectivity index (χ1) is 38.0. The van der Waals surface area contributed by atoms with E-state index in [1.807, 2.05) is 0 Å². The van der Waals surface area contributed by atoms with Gasteiger partial charge >= 0.3 is 17.9 Å². The zero-order chi connectivity index (χ0) is 55.7. The summed E-state index contributed by atoms with van der Waals surface area (Å²) in [7, 11) is 0. The molecule has 430 valence electrons. The van der Waals surface area contributed by atoms with Crippen LogP contribution >= 0.6 is 0 Å². The highest BCUT2D eigenvalue weighted by Gasteiger charge is 2.19.